The number of nitrogens with one attached hydrogen (secondary N) is 2. The monoisotopic (exact) mass is 428 g/mol. The summed E-state index contributed by atoms with van der Waals surface area (Å²) in [7, 11) is 0. The van der Waals surface area contributed by atoms with Crippen LogP contribution in [0.15, 0.2) is 54.6 Å². The molecule has 0 bridgehead atoms. The number of rotatable bonds is 6. The van der Waals surface area contributed by atoms with Gasteiger partial charge in [0.15, 0.2) is 0 Å². The Morgan fingerprint density at radius 2 is 1.80 bits per heavy atom. The Labute approximate surface area is 185 Å². The fourth-order valence-electron chi connectivity index (χ4n) is 4.17. The molecule has 0 saturated heterocycles. The molecule has 1 saturated carbocycles. The zero-order valence-corrected chi connectivity index (χ0v) is 19.0. The molecule has 2 aromatic rings. The van der Waals surface area contributed by atoms with Gasteiger partial charge in [0.1, 0.15) is 5.60 Å². The van der Waals surface area contributed by atoms with Crippen molar-refractivity contribution in [1.82, 2.24) is 10.6 Å². The van der Waals surface area contributed by atoms with Crippen molar-refractivity contribution in [3.63, 3.8) is 0 Å². The van der Waals surface area contributed by atoms with Crippen LogP contribution >= 0.6 is 11.6 Å². The van der Waals surface area contributed by atoms with Gasteiger partial charge >= 0.3 is 6.09 Å². The van der Waals surface area contributed by atoms with E-state index >= 15 is 0 Å². The van der Waals surface area contributed by atoms with Gasteiger partial charge in [0, 0.05) is 29.6 Å². The second-order valence-corrected chi connectivity index (χ2v) is 9.72. The van der Waals surface area contributed by atoms with Crippen molar-refractivity contribution in [3.8, 4) is 0 Å². The maximum absolute atomic E-state index is 12.3. The summed E-state index contributed by atoms with van der Waals surface area (Å²) in [5.41, 5.74) is 1.85. The van der Waals surface area contributed by atoms with Gasteiger partial charge in [-0.2, -0.15) is 0 Å². The van der Waals surface area contributed by atoms with Crippen LogP contribution in [0.5, 0.6) is 0 Å². The van der Waals surface area contributed by atoms with Crippen molar-refractivity contribution in [1.29, 1.82) is 0 Å². The fraction of sp³-hybridized carbons (Fsp3) is 0.480. The lowest BCUT2D eigenvalue weighted by atomic mass is 9.68. The largest absolute Gasteiger partial charge is 0.444 e. The highest BCUT2D eigenvalue weighted by atomic mass is 35.5. The molecule has 0 aliphatic heterocycles. The molecular formula is C25H33ClN2O2. The highest BCUT2D eigenvalue weighted by Crippen LogP contribution is 2.40. The Morgan fingerprint density at radius 1 is 1.10 bits per heavy atom. The number of carbonyl (C=O) groups excluding carboxylic acids is 1. The van der Waals surface area contributed by atoms with Gasteiger partial charge in [0.25, 0.3) is 0 Å². The molecule has 0 radical (unpaired) electrons. The van der Waals surface area contributed by atoms with Crippen LogP contribution in [-0.2, 0) is 16.7 Å². The normalized spacial score (nSPS) is 21.8. The van der Waals surface area contributed by atoms with E-state index in [2.05, 4.69) is 41.0 Å². The first kappa shape index (κ1) is 22.6. The zero-order chi connectivity index (χ0) is 21.6. The van der Waals surface area contributed by atoms with E-state index in [9.17, 15) is 4.79 Å². The molecule has 0 unspecified atom stereocenters. The SMILES string of the molecule is CC(C)(C)OC(=O)NCC1(c2cccc(Cl)c2)CCC(NCc2ccccc2)CC1. The third kappa shape index (κ3) is 6.48. The lowest BCUT2D eigenvalue weighted by molar-refractivity contribution is 0.0506. The van der Waals surface area contributed by atoms with Crippen LogP contribution in [0.25, 0.3) is 0 Å². The van der Waals surface area contributed by atoms with Gasteiger partial charge in [-0.3, -0.25) is 0 Å². The molecule has 0 atom stereocenters. The van der Waals surface area contributed by atoms with E-state index in [1.165, 1.54) is 11.1 Å². The van der Waals surface area contributed by atoms with E-state index in [1.54, 1.807) is 0 Å². The average molecular weight is 429 g/mol. The summed E-state index contributed by atoms with van der Waals surface area (Å²) in [5.74, 6) is 0. The predicted molar refractivity (Wildman–Crippen MR) is 123 cm³/mol. The molecule has 3 rings (SSSR count). The summed E-state index contributed by atoms with van der Waals surface area (Å²) < 4.78 is 5.45. The number of benzene rings is 2. The Bertz CT molecular complexity index is 825. The average Bonchev–Trinajstić information content (AvgIpc) is 2.71. The number of hydrogen-bond acceptors (Lipinski definition) is 3. The summed E-state index contributed by atoms with van der Waals surface area (Å²) in [5, 5.41) is 7.44. The number of carbonyl (C=O) groups is 1. The molecule has 0 spiro atoms. The summed E-state index contributed by atoms with van der Waals surface area (Å²) in [6.45, 7) is 7.06. The second-order valence-electron chi connectivity index (χ2n) is 9.29. The van der Waals surface area contributed by atoms with E-state index in [-0.39, 0.29) is 11.5 Å². The summed E-state index contributed by atoms with van der Waals surface area (Å²) in [6.07, 6.45) is 3.70. The van der Waals surface area contributed by atoms with E-state index in [4.69, 9.17) is 16.3 Å². The van der Waals surface area contributed by atoms with Gasteiger partial charge in [0.2, 0.25) is 0 Å². The van der Waals surface area contributed by atoms with Crippen molar-refractivity contribution in [3.05, 3.63) is 70.7 Å². The Morgan fingerprint density at radius 3 is 2.43 bits per heavy atom. The minimum absolute atomic E-state index is 0.132. The molecule has 1 amide bonds. The van der Waals surface area contributed by atoms with E-state index in [0.29, 0.717) is 12.6 Å². The first-order chi connectivity index (χ1) is 14.3. The van der Waals surface area contributed by atoms with Gasteiger partial charge in [-0.15, -0.1) is 0 Å². The minimum Gasteiger partial charge on any atom is -0.444 e. The topological polar surface area (TPSA) is 50.4 Å². The van der Waals surface area contributed by atoms with E-state index in [0.717, 1.165) is 37.3 Å². The first-order valence-electron chi connectivity index (χ1n) is 10.8. The minimum atomic E-state index is -0.508. The van der Waals surface area contributed by atoms with Gasteiger partial charge in [-0.25, -0.2) is 4.79 Å². The summed E-state index contributed by atoms with van der Waals surface area (Å²) in [6, 6.07) is 19.0. The van der Waals surface area contributed by atoms with Gasteiger partial charge in [0.05, 0.1) is 0 Å². The number of ether oxygens (including phenoxy) is 1. The molecule has 0 heterocycles. The molecule has 1 aliphatic rings. The molecule has 0 aromatic heterocycles. The van der Waals surface area contributed by atoms with Crippen molar-refractivity contribution < 1.29 is 9.53 Å². The fourth-order valence-corrected chi connectivity index (χ4v) is 4.36. The van der Waals surface area contributed by atoms with E-state index < -0.39 is 5.60 Å². The highest BCUT2D eigenvalue weighted by molar-refractivity contribution is 6.30. The number of halogens is 1. The molecule has 5 heteroatoms. The van der Waals surface area contributed by atoms with Gasteiger partial charge < -0.3 is 15.4 Å². The third-order valence-electron chi connectivity index (χ3n) is 5.79. The van der Waals surface area contributed by atoms with Crippen LogP contribution in [0.4, 0.5) is 4.79 Å². The standard InChI is InChI=1S/C25H33ClN2O2/c1-24(2,3)30-23(29)28-18-25(20-10-7-11-21(26)16-20)14-12-22(13-15-25)27-17-19-8-5-4-6-9-19/h4-11,16,22,27H,12-15,17-18H2,1-3H3,(H,28,29). The second kappa shape index (κ2) is 9.84. The highest BCUT2D eigenvalue weighted by Gasteiger charge is 2.37. The molecule has 2 N–H and O–H groups in total. The number of hydrogen-bond donors (Lipinski definition) is 2. The first-order valence-corrected chi connectivity index (χ1v) is 11.1. The van der Waals surface area contributed by atoms with Crippen molar-refractivity contribution >= 4 is 17.7 Å². The molecule has 4 nitrogen and oxygen atoms in total. The molecular weight excluding hydrogens is 396 g/mol. The van der Waals surface area contributed by atoms with Crippen molar-refractivity contribution in [2.45, 2.75) is 70.1 Å². The summed E-state index contributed by atoms with van der Waals surface area (Å²) in [4.78, 5) is 12.3. The Hall–Kier alpha value is -2.04. The maximum Gasteiger partial charge on any atom is 0.407 e. The Balaban J connectivity index is 1.65. The van der Waals surface area contributed by atoms with Gasteiger partial charge in [-0.1, -0.05) is 54.1 Å². The van der Waals surface area contributed by atoms with Crippen molar-refractivity contribution in [2.75, 3.05) is 6.54 Å². The van der Waals surface area contributed by atoms with E-state index in [1.807, 2.05) is 45.0 Å². The van der Waals surface area contributed by atoms with Crippen LogP contribution in [0, 0.1) is 0 Å². The van der Waals surface area contributed by atoms with Gasteiger partial charge in [-0.05, 0) is 69.7 Å². The number of amides is 1. The van der Waals surface area contributed by atoms with Crippen LogP contribution in [-0.4, -0.2) is 24.3 Å². The predicted octanol–water partition coefficient (Wildman–Crippen LogP) is 5.83. The maximum atomic E-state index is 12.3. The third-order valence-corrected chi connectivity index (χ3v) is 6.02. The number of alkyl carbamates (subject to hydrolysis) is 1. The van der Waals surface area contributed by atoms with Crippen LogP contribution < -0.4 is 10.6 Å². The molecule has 1 fully saturated rings. The molecule has 30 heavy (non-hydrogen) atoms. The van der Waals surface area contributed by atoms with Crippen LogP contribution in [0.3, 0.4) is 0 Å². The lowest BCUT2D eigenvalue weighted by Gasteiger charge is -2.41. The summed E-state index contributed by atoms with van der Waals surface area (Å²) >= 11 is 6.30. The zero-order valence-electron chi connectivity index (χ0n) is 18.2. The smallest absolute Gasteiger partial charge is 0.407 e. The molecule has 162 valence electrons. The van der Waals surface area contributed by atoms with Crippen LogP contribution in [0.2, 0.25) is 5.02 Å². The molecule has 2 aromatic carbocycles. The lowest BCUT2D eigenvalue weighted by Crippen LogP contribution is -2.47. The molecule has 1 aliphatic carbocycles. The van der Waals surface area contributed by atoms with Crippen molar-refractivity contribution in [2.24, 2.45) is 0 Å². The van der Waals surface area contributed by atoms with Crippen LogP contribution in [0.1, 0.15) is 57.6 Å². The quantitative estimate of drug-likeness (QED) is 0.608. The Kier molecular flexibility index (Phi) is 7.43.